The lowest BCUT2D eigenvalue weighted by Gasteiger charge is -2.38. The Morgan fingerprint density at radius 2 is 2.22 bits per heavy atom. The Bertz CT molecular complexity index is 893. The van der Waals surface area contributed by atoms with E-state index in [9.17, 15) is 14.4 Å². The molecule has 1 N–H and O–H groups in total. The zero-order valence-corrected chi connectivity index (χ0v) is 15.9. The Hall–Kier alpha value is -2.19. The van der Waals surface area contributed by atoms with E-state index in [0.717, 1.165) is 42.0 Å². The zero-order valence-electron chi connectivity index (χ0n) is 15.1. The lowest BCUT2D eigenvalue weighted by atomic mass is 10.0. The summed E-state index contributed by atoms with van der Waals surface area (Å²) in [5.41, 5.74) is 2.32. The van der Waals surface area contributed by atoms with Crippen molar-refractivity contribution in [2.24, 2.45) is 0 Å². The van der Waals surface area contributed by atoms with Crippen LogP contribution >= 0.6 is 11.8 Å². The van der Waals surface area contributed by atoms with Gasteiger partial charge in [-0.05, 0) is 38.3 Å². The number of carbonyl (C=O) groups excluding carboxylic acids is 3. The molecule has 0 radical (unpaired) electrons. The third kappa shape index (κ3) is 3.64. The molecule has 1 aromatic carbocycles. The number of benzene rings is 1. The summed E-state index contributed by atoms with van der Waals surface area (Å²) in [6.45, 7) is 2.61. The number of ketones is 1. The van der Waals surface area contributed by atoms with Crippen LogP contribution < -0.4 is 5.32 Å². The second kappa shape index (κ2) is 7.44. The Labute approximate surface area is 160 Å². The van der Waals surface area contributed by atoms with Crippen LogP contribution in [0.2, 0.25) is 0 Å². The smallest absolute Gasteiger partial charge is 0.227 e. The number of amides is 1. The van der Waals surface area contributed by atoms with Gasteiger partial charge in [0.25, 0.3) is 0 Å². The normalized spacial score (nSPS) is 23.9. The maximum atomic E-state index is 12.6. The van der Waals surface area contributed by atoms with Crippen LogP contribution in [-0.4, -0.2) is 51.4 Å². The van der Waals surface area contributed by atoms with Gasteiger partial charge in [-0.2, -0.15) is 0 Å². The third-order valence-corrected chi connectivity index (χ3v) is 6.05. The van der Waals surface area contributed by atoms with Crippen molar-refractivity contribution < 1.29 is 18.9 Å². The van der Waals surface area contributed by atoms with Crippen LogP contribution in [-0.2, 0) is 20.8 Å². The van der Waals surface area contributed by atoms with Crippen molar-refractivity contribution in [2.75, 3.05) is 12.3 Å². The Morgan fingerprint density at radius 1 is 1.37 bits per heavy atom. The molecule has 27 heavy (non-hydrogen) atoms. The van der Waals surface area contributed by atoms with Crippen LogP contribution in [0.4, 0.5) is 0 Å². The first kappa shape index (κ1) is 18.2. The molecule has 2 aromatic rings. The molecule has 3 heterocycles. The maximum absolute atomic E-state index is 12.6. The van der Waals surface area contributed by atoms with Crippen LogP contribution in [0, 0.1) is 6.92 Å². The van der Waals surface area contributed by atoms with Gasteiger partial charge >= 0.3 is 0 Å². The first-order valence-corrected chi connectivity index (χ1v) is 10.1. The number of aromatic nitrogens is 1. The molecular formula is C19H21N3O4S. The molecular weight excluding hydrogens is 366 g/mol. The van der Waals surface area contributed by atoms with Crippen LogP contribution in [0.5, 0.6) is 0 Å². The fourth-order valence-corrected chi connectivity index (χ4v) is 4.66. The number of Topliss-reactive ketones (excluding diaryl/α,β-unsaturated/α-hetero) is 1. The molecule has 2 aliphatic rings. The van der Waals surface area contributed by atoms with Gasteiger partial charge in [0.05, 0.1) is 18.3 Å². The van der Waals surface area contributed by atoms with E-state index in [1.54, 1.807) is 0 Å². The van der Waals surface area contributed by atoms with E-state index < -0.39 is 6.04 Å². The van der Waals surface area contributed by atoms with Crippen molar-refractivity contribution >= 4 is 39.5 Å². The minimum Gasteiger partial charge on any atom is -0.356 e. The molecule has 0 saturated carbocycles. The molecule has 2 saturated heterocycles. The number of likely N-dealkylation sites (tertiary alicyclic amines) is 1. The highest BCUT2D eigenvalue weighted by Crippen LogP contribution is 2.27. The number of thioether (sulfide) groups is 1. The van der Waals surface area contributed by atoms with Gasteiger partial charge < -0.3 is 9.84 Å². The van der Waals surface area contributed by atoms with Crippen molar-refractivity contribution in [3.8, 4) is 0 Å². The van der Waals surface area contributed by atoms with Crippen molar-refractivity contribution in [3.63, 3.8) is 0 Å². The van der Waals surface area contributed by atoms with Crippen molar-refractivity contribution in [1.29, 1.82) is 0 Å². The highest BCUT2D eigenvalue weighted by molar-refractivity contribution is 8.15. The molecule has 8 heteroatoms. The van der Waals surface area contributed by atoms with E-state index in [1.165, 1.54) is 0 Å². The molecule has 0 spiro atoms. The lowest BCUT2D eigenvalue weighted by Crippen LogP contribution is -2.57. The van der Waals surface area contributed by atoms with Gasteiger partial charge in [-0.25, -0.2) is 0 Å². The predicted octanol–water partition coefficient (Wildman–Crippen LogP) is 1.82. The van der Waals surface area contributed by atoms with E-state index in [-0.39, 0.29) is 35.1 Å². The van der Waals surface area contributed by atoms with Gasteiger partial charge in [-0.15, -0.1) is 0 Å². The number of rotatable bonds is 4. The summed E-state index contributed by atoms with van der Waals surface area (Å²) in [6.07, 6.45) is 2.40. The number of hydrogen-bond donors (Lipinski definition) is 1. The molecule has 0 bridgehead atoms. The van der Waals surface area contributed by atoms with E-state index in [0.29, 0.717) is 17.8 Å². The summed E-state index contributed by atoms with van der Waals surface area (Å²) in [4.78, 5) is 38.7. The standard InChI is InChI=1S/C19H21N3O4S/c1-11-5-6-15-12(8-11)13(21-26-15)9-17(24)20-16-4-2-3-7-22(16)18-14(23)10-27-19(18)25/h5-6,8,16,18H,2-4,7,9-10H2,1H3,(H,20,24). The van der Waals surface area contributed by atoms with Gasteiger partial charge in [-0.3, -0.25) is 19.3 Å². The second-order valence-corrected chi connectivity index (χ2v) is 8.08. The van der Waals surface area contributed by atoms with Crippen LogP contribution in [0.15, 0.2) is 22.7 Å². The topological polar surface area (TPSA) is 92.5 Å². The Kier molecular flexibility index (Phi) is 5.01. The summed E-state index contributed by atoms with van der Waals surface area (Å²) in [7, 11) is 0. The van der Waals surface area contributed by atoms with Crippen LogP contribution in [0.3, 0.4) is 0 Å². The van der Waals surface area contributed by atoms with Gasteiger partial charge in [0, 0.05) is 11.9 Å². The van der Waals surface area contributed by atoms with E-state index in [1.807, 2.05) is 30.0 Å². The highest BCUT2D eigenvalue weighted by atomic mass is 32.2. The van der Waals surface area contributed by atoms with Gasteiger partial charge in [0.2, 0.25) is 11.0 Å². The predicted molar refractivity (Wildman–Crippen MR) is 101 cm³/mol. The Balaban J connectivity index is 1.48. The van der Waals surface area contributed by atoms with Gasteiger partial charge in [0.15, 0.2) is 11.4 Å². The average molecular weight is 387 g/mol. The molecule has 2 fully saturated rings. The monoisotopic (exact) mass is 387 g/mol. The van der Waals surface area contributed by atoms with Crippen LogP contribution in [0.25, 0.3) is 11.0 Å². The molecule has 2 aliphatic heterocycles. The van der Waals surface area contributed by atoms with Crippen molar-refractivity contribution in [1.82, 2.24) is 15.4 Å². The van der Waals surface area contributed by atoms with Gasteiger partial charge in [-0.1, -0.05) is 28.5 Å². The summed E-state index contributed by atoms with van der Waals surface area (Å²) < 4.78 is 5.29. The first-order chi connectivity index (χ1) is 13.0. The molecule has 1 amide bonds. The van der Waals surface area contributed by atoms with E-state index in [4.69, 9.17) is 4.52 Å². The fourth-order valence-electron chi connectivity index (χ4n) is 3.79. The first-order valence-electron chi connectivity index (χ1n) is 9.12. The number of aryl methyl sites for hydroxylation is 1. The third-order valence-electron chi connectivity index (χ3n) is 5.12. The van der Waals surface area contributed by atoms with Crippen molar-refractivity contribution in [2.45, 2.75) is 44.8 Å². The average Bonchev–Trinajstić information content (AvgIpc) is 3.18. The fraction of sp³-hybridized carbons (Fsp3) is 0.474. The minimum absolute atomic E-state index is 0.0656. The van der Waals surface area contributed by atoms with Crippen LogP contribution in [0.1, 0.15) is 30.5 Å². The number of nitrogens with one attached hydrogen (secondary N) is 1. The number of hydrogen-bond acceptors (Lipinski definition) is 7. The SMILES string of the molecule is Cc1ccc2onc(CC(=O)NC3CCCCN3C3C(=O)CSC3=O)c2c1. The summed E-state index contributed by atoms with van der Waals surface area (Å²) in [5, 5.41) is 7.75. The molecule has 0 aliphatic carbocycles. The minimum atomic E-state index is -0.726. The molecule has 1 aromatic heterocycles. The molecule has 4 rings (SSSR count). The largest absolute Gasteiger partial charge is 0.356 e. The zero-order chi connectivity index (χ0) is 19.0. The summed E-state index contributed by atoms with van der Waals surface area (Å²) in [5.74, 6) is -0.0245. The quantitative estimate of drug-likeness (QED) is 0.800. The second-order valence-electron chi connectivity index (χ2n) is 7.10. The maximum Gasteiger partial charge on any atom is 0.227 e. The summed E-state index contributed by atoms with van der Waals surface area (Å²) >= 11 is 1.07. The number of nitrogens with zero attached hydrogens (tertiary/aromatic N) is 2. The molecule has 142 valence electrons. The van der Waals surface area contributed by atoms with Gasteiger partial charge in [0.1, 0.15) is 11.7 Å². The molecule has 2 atom stereocenters. The molecule has 7 nitrogen and oxygen atoms in total. The lowest BCUT2D eigenvalue weighted by molar-refractivity contribution is -0.133. The summed E-state index contributed by atoms with van der Waals surface area (Å²) in [6, 6.07) is 5.01. The highest BCUT2D eigenvalue weighted by Gasteiger charge is 2.42. The Morgan fingerprint density at radius 3 is 3.00 bits per heavy atom. The van der Waals surface area contributed by atoms with E-state index in [2.05, 4.69) is 10.5 Å². The van der Waals surface area contributed by atoms with E-state index >= 15 is 0 Å². The van der Waals surface area contributed by atoms with Crippen molar-refractivity contribution in [3.05, 3.63) is 29.5 Å². The number of fused-ring (bicyclic) bond motifs is 1. The molecule has 2 unspecified atom stereocenters. The number of carbonyl (C=O) groups is 3. The number of piperidine rings is 1.